The largest absolute Gasteiger partial charge is 0.493 e. The molecule has 45 heavy (non-hydrogen) atoms. The fraction of sp³-hybridized carbons (Fsp3) is 0.436. The molecule has 2 aliphatic carbocycles. The van der Waals surface area contributed by atoms with Gasteiger partial charge in [-0.2, -0.15) is 0 Å². The molecule has 6 heteroatoms. The summed E-state index contributed by atoms with van der Waals surface area (Å²) in [6, 6.07) is 24.6. The molecule has 1 fully saturated rings. The highest BCUT2D eigenvalue weighted by Crippen LogP contribution is 2.36. The van der Waals surface area contributed by atoms with Crippen molar-refractivity contribution in [2.24, 2.45) is 11.8 Å². The van der Waals surface area contributed by atoms with Gasteiger partial charge in [-0.25, -0.2) is 4.79 Å². The van der Waals surface area contributed by atoms with Crippen molar-refractivity contribution in [3.05, 3.63) is 107 Å². The second-order valence-electron chi connectivity index (χ2n) is 12.7. The first-order chi connectivity index (χ1) is 22.0. The smallest absolute Gasteiger partial charge is 0.335 e. The van der Waals surface area contributed by atoms with Crippen LogP contribution in [-0.2, 0) is 17.6 Å². The molecule has 1 unspecified atom stereocenters. The van der Waals surface area contributed by atoms with Crippen LogP contribution in [0.2, 0.25) is 0 Å². The average Bonchev–Trinajstić information content (AvgIpc) is 3.07. The van der Waals surface area contributed by atoms with E-state index < -0.39 is 11.9 Å². The van der Waals surface area contributed by atoms with Gasteiger partial charge in [-0.15, -0.1) is 0 Å². The Balaban J connectivity index is 1.19. The molecule has 0 heterocycles. The molecule has 1 saturated carbocycles. The van der Waals surface area contributed by atoms with Crippen LogP contribution in [0.25, 0.3) is 6.08 Å². The Hall–Kier alpha value is -3.90. The maximum atomic E-state index is 11.6. The normalized spacial score (nSPS) is 19.8. The Labute approximate surface area is 267 Å². The summed E-state index contributed by atoms with van der Waals surface area (Å²) >= 11 is 0. The fourth-order valence-corrected chi connectivity index (χ4v) is 7.00. The number of carboxylic acids is 2. The molecule has 2 N–H and O–H groups in total. The van der Waals surface area contributed by atoms with E-state index in [0.29, 0.717) is 23.8 Å². The summed E-state index contributed by atoms with van der Waals surface area (Å²) in [6.45, 7) is 2.38. The molecule has 0 saturated heterocycles. The van der Waals surface area contributed by atoms with Crippen LogP contribution in [-0.4, -0.2) is 46.7 Å². The highest BCUT2D eigenvalue weighted by molar-refractivity contribution is 5.88. The number of carboxylic acid groups (broad SMARTS) is 2. The lowest BCUT2D eigenvalue weighted by Crippen LogP contribution is -2.34. The van der Waals surface area contributed by atoms with E-state index in [1.54, 1.807) is 6.07 Å². The van der Waals surface area contributed by atoms with Crippen molar-refractivity contribution in [2.75, 3.05) is 19.7 Å². The van der Waals surface area contributed by atoms with Crippen LogP contribution in [0.15, 0.2) is 78.9 Å². The molecular weight excluding hydrogens is 562 g/mol. The summed E-state index contributed by atoms with van der Waals surface area (Å²) in [4.78, 5) is 25.2. The van der Waals surface area contributed by atoms with E-state index in [2.05, 4.69) is 65.6 Å². The van der Waals surface area contributed by atoms with Crippen molar-refractivity contribution in [3.8, 4) is 5.75 Å². The van der Waals surface area contributed by atoms with E-state index in [9.17, 15) is 14.7 Å². The molecule has 0 amide bonds. The zero-order chi connectivity index (χ0) is 31.4. The third kappa shape index (κ3) is 9.54. The summed E-state index contributed by atoms with van der Waals surface area (Å²) in [5.74, 6) is 0.518. The predicted molar refractivity (Wildman–Crippen MR) is 179 cm³/mol. The van der Waals surface area contributed by atoms with Crippen molar-refractivity contribution in [1.29, 1.82) is 0 Å². The van der Waals surface area contributed by atoms with E-state index in [0.717, 1.165) is 63.1 Å². The first-order valence-corrected chi connectivity index (χ1v) is 16.7. The minimum Gasteiger partial charge on any atom is -0.493 e. The molecule has 0 aromatic heterocycles. The van der Waals surface area contributed by atoms with Gasteiger partial charge >= 0.3 is 11.9 Å². The zero-order valence-electron chi connectivity index (χ0n) is 26.3. The Morgan fingerprint density at radius 1 is 0.867 bits per heavy atom. The first-order valence-electron chi connectivity index (χ1n) is 16.7. The zero-order valence-corrected chi connectivity index (χ0v) is 26.3. The second-order valence-corrected chi connectivity index (χ2v) is 12.7. The van der Waals surface area contributed by atoms with Gasteiger partial charge in [-0.3, -0.25) is 9.69 Å². The van der Waals surface area contributed by atoms with Crippen molar-refractivity contribution in [3.63, 3.8) is 0 Å². The lowest BCUT2D eigenvalue weighted by Gasteiger charge is -2.36. The maximum absolute atomic E-state index is 11.6. The number of ether oxygens (including phenoxy) is 1. The minimum absolute atomic E-state index is 0.180. The molecule has 3 aromatic rings. The number of rotatable bonds is 15. The van der Waals surface area contributed by atoms with Crippen LogP contribution in [0, 0.1) is 11.8 Å². The van der Waals surface area contributed by atoms with E-state index >= 15 is 0 Å². The number of allylic oxidation sites excluding steroid dienone is 1. The molecular formula is C39H47NO5. The van der Waals surface area contributed by atoms with Crippen LogP contribution in [0.4, 0.5) is 0 Å². The van der Waals surface area contributed by atoms with Crippen molar-refractivity contribution < 1.29 is 24.5 Å². The lowest BCUT2D eigenvalue weighted by molar-refractivity contribution is -0.137. The third-order valence-corrected chi connectivity index (χ3v) is 9.57. The summed E-state index contributed by atoms with van der Waals surface area (Å²) < 4.78 is 6.48. The molecule has 0 spiro atoms. The van der Waals surface area contributed by atoms with E-state index in [-0.39, 0.29) is 12.5 Å². The van der Waals surface area contributed by atoms with E-state index in [1.807, 2.05) is 18.2 Å². The number of aromatic carboxylic acids is 1. The number of hydrogen-bond donors (Lipinski definition) is 2. The average molecular weight is 610 g/mol. The van der Waals surface area contributed by atoms with Crippen molar-refractivity contribution in [2.45, 2.75) is 76.7 Å². The molecule has 0 radical (unpaired) electrons. The van der Waals surface area contributed by atoms with Crippen molar-refractivity contribution >= 4 is 18.0 Å². The number of para-hydroxylation sites is 1. The van der Waals surface area contributed by atoms with Gasteiger partial charge in [0, 0.05) is 19.0 Å². The van der Waals surface area contributed by atoms with Crippen molar-refractivity contribution in [1.82, 2.24) is 4.90 Å². The number of carbonyl (C=O) groups is 2. The van der Waals surface area contributed by atoms with Gasteiger partial charge in [-0.05, 0) is 123 Å². The number of aliphatic carboxylic acids is 1. The summed E-state index contributed by atoms with van der Waals surface area (Å²) in [7, 11) is 0. The monoisotopic (exact) mass is 609 g/mol. The van der Waals surface area contributed by atoms with E-state index in [1.165, 1.54) is 42.4 Å². The van der Waals surface area contributed by atoms with Gasteiger partial charge in [0.05, 0.1) is 12.2 Å². The lowest BCUT2D eigenvalue weighted by atomic mass is 9.82. The van der Waals surface area contributed by atoms with Crippen LogP contribution < -0.4 is 4.74 Å². The van der Waals surface area contributed by atoms with Crippen LogP contribution >= 0.6 is 0 Å². The van der Waals surface area contributed by atoms with Gasteiger partial charge in [0.1, 0.15) is 5.75 Å². The number of benzene rings is 3. The molecule has 2 aliphatic rings. The Kier molecular flexibility index (Phi) is 11.9. The Bertz CT molecular complexity index is 1430. The first kappa shape index (κ1) is 32.5. The fourth-order valence-electron chi connectivity index (χ4n) is 7.00. The maximum Gasteiger partial charge on any atom is 0.335 e. The molecule has 3 aromatic carbocycles. The number of nitrogens with zero attached hydrogens (tertiary/aromatic N) is 1. The quantitative estimate of drug-likeness (QED) is 0.168. The number of aryl methyl sites for hydroxylation is 1. The SMILES string of the molecule is O=C(O)CCCCN(CCc1ccccc1OCC1CCC(/C=C/c2ccccc2)CC1)C1CCCc2cc(C(=O)O)ccc21. The summed E-state index contributed by atoms with van der Waals surface area (Å²) in [5, 5.41) is 18.7. The van der Waals surface area contributed by atoms with Gasteiger partial charge in [0.2, 0.25) is 0 Å². The van der Waals surface area contributed by atoms with Crippen LogP contribution in [0.5, 0.6) is 5.75 Å². The van der Waals surface area contributed by atoms with Gasteiger partial charge in [0.15, 0.2) is 0 Å². The predicted octanol–water partition coefficient (Wildman–Crippen LogP) is 8.46. The molecule has 238 valence electrons. The molecule has 6 nitrogen and oxygen atoms in total. The third-order valence-electron chi connectivity index (χ3n) is 9.57. The summed E-state index contributed by atoms with van der Waals surface area (Å²) in [6.07, 6.45) is 14.8. The van der Waals surface area contributed by atoms with Crippen LogP contribution in [0.1, 0.15) is 96.4 Å². The standard InChI is InChI=1S/C39H47NO5/c41-38(42)15-6-7-25-40(36-13-8-12-33-27-34(39(43)44)22-23-35(33)36)26-24-32-11-4-5-14-37(32)45-28-31-20-18-30(19-21-31)17-16-29-9-2-1-3-10-29/h1-5,9-11,14,16-17,22-23,27,30-31,36H,6-8,12-13,15,18-21,24-26,28H2,(H,41,42)(H,43,44)/b17-16+. The Morgan fingerprint density at radius 3 is 2.42 bits per heavy atom. The summed E-state index contributed by atoms with van der Waals surface area (Å²) in [5.41, 5.74) is 5.13. The van der Waals surface area contributed by atoms with Crippen LogP contribution in [0.3, 0.4) is 0 Å². The Morgan fingerprint density at radius 2 is 1.64 bits per heavy atom. The molecule has 5 rings (SSSR count). The minimum atomic E-state index is -0.894. The number of hydrogen-bond acceptors (Lipinski definition) is 4. The second kappa shape index (κ2) is 16.4. The van der Waals surface area contributed by atoms with Gasteiger partial charge in [-0.1, -0.05) is 66.7 Å². The number of unbranched alkanes of at least 4 members (excludes halogenated alkanes) is 1. The van der Waals surface area contributed by atoms with E-state index in [4.69, 9.17) is 9.84 Å². The molecule has 0 aliphatic heterocycles. The van der Waals surface area contributed by atoms with Gasteiger partial charge in [0.25, 0.3) is 0 Å². The highest BCUT2D eigenvalue weighted by atomic mass is 16.5. The molecule has 0 bridgehead atoms. The number of fused-ring (bicyclic) bond motifs is 1. The molecule has 1 atom stereocenters. The highest BCUT2D eigenvalue weighted by Gasteiger charge is 2.27. The topological polar surface area (TPSA) is 87.1 Å². The van der Waals surface area contributed by atoms with Gasteiger partial charge < -0.3 is 14.9 Å².